The Bertz CT molecular complexity index is 1400. The predicted molar refractivity (Wildman–Crippen MR) is 123 cm³/mol. The number of nitrogen functional groups attached to an aromatic ring is 1. The molecule has 9 nitrogen and oxygen atoms in total. The van der Waals surface area contributed by atoms with Crippen LogP contribution >= 0.6 is 0 Å². The molecule has 3 heterocycles. The van der Waals surface area contributed by atoms with E-state index in [9.17, 15) is 23.9 Å². The van der Waals surface area contributed by atoms with Crippen LogP contribution in [0.4, 0.5) is 10.1 Å². The van der Waals surface area contributed by atoms with Crippen molar-refractivity contribution in [1.82, 2.24) is 14.9 Å². The van der Waals surface area contributed by atoms with Gasteiger partial charge in [0.1, 0.15) is 18.5 Å². The van der Waals surface area contributed by atoms with E-state index in [1.807, 2.05) is 13.8 Å². The monoisotopic (exact) mass is 468 g/mol. The van der Waals surface area contributed by atoms with Crippen molar-refractivity contribution in [3.05, 3.63) is 56.6 Å². The number of nitrogens with two attached hydrogens (primary N) is 1. The molecule has 0 fully saturated rings. The SMILES string of the molecule is CC.Nc1cc2c(CNC(=O)CO)c3c(nc2cc1F)-c1cc2c(c(=O)n1C3)CCC(=O)C2O. The molecule has 0 saturated heterocycles. The largest absolute Gasteiger partial charge is 0.396 e. The number of hydrogen-bond acceptors (Lipinski definition) is 7. The summed E-state index contributed by atoms with van der Waals surface area (Å²) in [4.78, 5) is 41.4. The van der Waals surface area contributed by atoms with Gasteiger partial charge in [-0.2, -0.15) is 0 Å². The van der Waals surface area contributed by atoms with Gasteiger partial charge in [0.2, 0.25) is 5.91 Å². The Morgan fingerprint density at radius 2 is 1.97 bits per heavy atom. The number of carbonyl (C=O) groups excluding carboxylic acids is 2. The van der Waals surface area contributed by atoms with E-state index in [-0.39, 0.29) is 54.0 Å². The van der Waals surface area contributed by atoms with Gasteiger partial charge in [0, 0.05) is 35.5 Å². The molecule has 1 aromatic carbocycles. The summed E-state index contributed by atoms with van der Waals surface area (Å²) in [7, 11) is 0. The van der Waals surface area contributed by atoms with E-state index in [0.29, 0.717) is 33.5 Å². The third-order valence-electron chi connectivity index (χ3n) is 6.14. The number of ketones is 1. The number of nitrogens with zero attached hydrogens (tertiary/aromatic N) is 2. The first-order valence-corrected chi connectivity index (χ1v) is 11.1. The fourth-order valence-electron chi connectivity index (χ4n) is 4.51. The van der Waals surface area contributed by atoms with E-state index >= 15 is 0 Å². The molecule has 0 spiro atoms. The zero-order valence-corrected chi connectivity index (χ0v) is 18.8. The molecule has 0 bridgehead atoms. The topological polar surface area (TPSA) is 148 Å². The standard InChI is InChI=1S/C22H19FN4O5.C2H6/c23-14-5-16-10(3-15(14)24)12(6-25-19(30)8-28)13-7-27-17(20(13)26-16)4-11-9(22(27)32)1-2-18(29)21(11)31;1-2/h3-5,21,28,31H,1-2,6-8,24H2,(H,25,30);1-2H3. The maximum atomic E-state index is 14.2. The number of fused-ring (bicyclic) bond motifs is 5. The van der Waals surface area contributed by atoms with Crippen LogP contribution in [0.3, 0.4) is 0 Å². The molecule has 1 atom stereocenters. The number of benzene rings is 1. The summed E-state index contributed by atoms with van der Waals surface area (Å²) in [5.74, 6) is -1.60. The van der Waals surface area contributed by atoms with E-state index in [1.54, 1.807) is 6.07 Å². The maximum Gasteiger partial charge on any atom is 0.254 e. The summed E-state index contributed by atoms with van der Waals surface area (Å²) in [6.07, 6.45) is -1.03. The third-order valence-corrected chi connectivity index (χ3v) is 6.14. The lowest BCUT2D eigenvalue weighted by Crippen LogP contribution is -2.31. The lowest BCUT2D eigenvalue weighted by molar-refractivity contribution is -0.128. The normalized spacial score (nSPS) is 15.8. The Hall–Kier alpha value is -3.63. The number of Topliss-reactive ketones (excluding diaryl/α,β-unsaturated/α-hetero) is 1. The van der Waals surface area contributed by atoms with E-state index in [1.165, 1.54) is 16.7 Å². The molecular formula is C24H25FN4O5. The van der Waals surface area contributed by atoms with Crippen molar-refractivity contribution in [3.63, 3.8) is 0 Å². The van der Waals surface area contributed by atoms with Crippen LogP contribution in [0.15, 0.2) is 23.0 Å². The first-order valence-electron chi connectivity index (χ1n) is 11.1. The van der Waals surface area contributed by atoms with Gasteiger partial charge in [0.25, 0.3) is 5.56 Å². The number of nitrogens with one attached hydrogen (secondary N) is 1. The van der Waals surface area contributed by atoms with Crippen LogP contribution in [-0.4, -0.2) is 38.1 Å². The zero-order chi connectivity index (χ0) is 24.7. The van der Waals surface area contributed by atoms with Gasteiger partial charge in [-0.15, -0.1) is 0 Å². The number of aliphatic hydroxyl groups is 2. The molecule has 1 unspecified atom stereocenters. The summed E-state index contributed by atoms with van der Waals surface area (Å²) < 4.78 is 15.7. The maximum absolute atomic E-state index is 14.2. The van der Waals surface area contributed by atoms with E-state index in [2.05, 4.69) is 10.3 Å². The highest BCUT2D eigenvalue weighted by Gasteiger charge is 2.33. The Balaban J connectivity index is 0.00000133. The van der Waals surface area contributed by atoms with Crippen LogP contribution < -0.4 is 16.6 Å². The van der Waals surface area contributed by atoms with Gasteiger partial charge in [0.05, 0.1) is 29.1 Å². The molecule has 5 rings (SSSR count). The third kappa shape index (κ3) is 3.64. The molecule has 10 heteroatoms. The summed E-state index contributed by atoms with van der Waals surface area (Å²) in [5, 5.41) is 22.5. The molecule has 178 valence electrons. The van der Waals surface area contributed by atoms with Crippen LogP contribution in [0, 0.1) is 5.82 Å². The highest BCUT2D eigenvalue weighted by atomic mass is 19.1. The Kier molecular flexibility index (Phi) is 6.20. The highest BCUT2D eigenvalue weighted by molar-refractivity contribution is 5.91. The molecule has 1 aliphatic heterocycles. The number of rotatable bonds is 3. The van der Waals surface area contributed by atoms with Crippen molar-refractivity contribution < 1.29 is 24.2 Å². The average molecular weight is 468 g/mol. The van der Waals surface area contributed by atoms with Crippen molar-refractivity contribution in [2.24, 2.45) is 0 Å². The van der Waals surface area contributed by atoms with Crippen LogP contribution in [0.5, 0.6) is 0 Å². The number of hydrogen-bond donors (Lipinski definition) is 4. The van der Waals surface area contributed by atoms with Crippen LogP contribution in [0.2, 0.25) is 0 Å². The molecule has 0 radical (unpaired) electrons. The number of halogens is 1. The fourth-order valence-corrected chi connectivity index (χ4v) is 4.51. The van der Waals surface area contributed by atoms with Gasteiger partial charge < -0.3 is 25.8 Å². The molecule has 3 aromatic rings. The Labute approximate surface area is 194 Å². The zero-order valence-electron chi connectivity index (χ0n) is 18.8. The van der Waals surface area contributed by atoms with Gasteiger partial charge in [-0.25, -0.2) is 9.37 Å². The second kappa shape index (κ2) is 8.96. The van der Waals surface area contributed by atoms with Gasteiger partial charge in [-0.1, -0.05) is 13.8 Å². The summed E-state index contributed by atoms with van der Waals surface area (Å²) in [6.45, 7) is 3.47. The molecule has 5 N–H and O–H groups in total. The molecule has 2 aromatic heterocycles. The van der Waals surface area contributed by atoms with Crippen molar-refractivity contribution in [2.45, 2.75) is 45.9 Å². The Morgan fingerprint density at radius 1 is 1.24 bits per heavy atom. The second-order valence-electron chi connectivity index (χ2n) is 7.97. The lowest BCUT2D eigenvalue weighted by Gasteiger charge is -2.21. The molecule has 0 saturated carbocycles. The van der Waals surface area contributed by atoms with Crippen LogP contribution in [0.1, 0.15) is 48.6 Å². The summed E-state index contributed by atoms with van der Waals surface area (Å²) >= 11 is 0. The number of aromatic nitrogens is 2. The number of anilines is 1. The van der Waals surface area contributed by atoms with Crippen molar-refractivity contribution >= 4 is 28.3 Å². The number of pyridine rings is 2. The number of amides is 1. The molecular weight excluding hydrogens is 443 g/mol. The van der Waals surface area contributed by atoms with Gasteiger partial charge in [-0.05, 0) is 29.7 Å². The predicted octanol–water partition coefficient (Wildman–Crippen LogP) is 1.33. The highest BCUT2D eigenvalue weighted by Crippen LogP contribution is 2.38. The second-order valence-corrected chi connectivity index (χ2v) is 7.97. The van der Waals surface area contributed by atoms with Crippen LogP contribution in [-0.2, 0) is 29.1 Å². The smallest absolute Gasteiger partial charge is 0.254 e. The molecule has 34 heavy (non-hydrogen) atoms. The van der Waals surface area contributed by atoms with Gasteiger partial charge >= 0.3 is 0 Å². The Morgan fingerprint density at radius 3 is 2.68 bits per heavy atom. The molecule has 1 aliphatic carbocycles. The van der Waals surface area contributed by atoms with E-state index < -0.39 is 24.4 Å². The quantitative estimate of drug-likeness (QED) is 0.332. The number of carbonyl (C=O) groups is 2. The fraction of sp³-hybridized carbons (Fsp3) is 0.333. The van der Waals surface area contributed by atoms with E-state index in [4.69, 9.17) is 10.8 Å². The summed E-state index contributed by atoms with van der Waals surface area (Å²) in [6, 6.07) is 4.20. The minimum absolute atomic E-state index is 0.00931. The average Bonchev–Trinajstić information content (AvgIpc) is 3.20. The number of aliphatic hydroxyl groups excluding tert-OH is 2. The first kappa shape index (κ1) is 23.5. The van der Waals surface area contributed by atoms with Crippen molar-refractivity contribution in [2.75, 3.05) is 12.3 Å². The minimum atomic E-state index is -1.37. The minimum Gasteiger partial charge on any atom is -0.396 e. The molecule has 1 amide bonds. The van der Waals surface area contributed by atoms with Crippen LogP contribution in [0.25, 0.3) is 22.3 Å². The lowest BCUT2D eigenvalue weighted by atomic mass is 9.89. The first-order chi connectivity index (χ1) is 16.3. The van der Waals surface area contributed by atoms with Gasteiger partial charge in [-0.3, -0.25) is 14.4 Å². The summed E-state index contributed by atoms with van der Waals surface area (Å²) in [5.41, 5.74) is 8.34. The van der Waals surface area contributed by atoms with E-state index in [0.717, 1.165) is 0 Å². The molecule has 2 aliphatic rings. The van der Waals surface area contributed by atoms with Crippen molar-refractivity contribution in [3.8, 4) is 11.4 Å². The van der Waals surface area contributed by atoms with Gasteiger partial charge in [0.15, 0.2) is 5.78 Å². The van der Waals surface area contributed by atoms with Crippen molar-refractivity contribution in [1.29, 1.82) is 0 Å².